The van der Waals surface area contributed by atoms with Gasteiger partial charge >= 0.3 is 0 Å². The van der Waals surface area contributed by atoms with Gasteiger partial charge in [-0.15, -0.1) is 0 Å². The van der Waals surface area contributed by atoms with Crippen LogP contribution in [0.5, 0.6) is 5.75 Å². The standard InChI is InChI=1S/C13H14N2O/c1-9-7-11(5-6-15-9)10-3-4-12(14)13(8-10)16-2/h3-8H,14H2,1-2H3. The average molecular weight is 214 g/mol. The Morgan fingerprint density at radius 3 is 2.56 bits per heavy atom. The molecule has 16 heavy (non-hydrogen) atoms. The minimum Gasteiger partial charge on any atom is -0.495 e. The normalized spacial score (nSPS) is 10.1. The summed E-state index contributed by atoms with van der Waals surface area (Å²) in [5.74, 6) is 0.701. The summed E-state index contributed by atoms with van der Waals surface area (Å²) in [6.07, 6.45) is 1.80. The minimum absolute atomic E-state index is 0.650. The first-order chi connectivity index (χ1) is 7.70. The minimum atomic E-state index is 0.650. The fourth-order valence-corrected chi connectivity index (χ4v) is 1.62. The van der Waals surface area contributed by atoms with E-state index in [4.69, 9.17) is 10.5 Å². The fourth-order valence-electron chi connectivity index (χ4n) is 1.62. The zero-order valence-electron chi connectivity index (χ0n) is 9.40. The number of aromatic nitrogens is 1. The molecule has 0 spiro atoms. The number of nitrogen functional groups attached to an aromatic ring is 1. The molecule has 2 aromatic rings. The van der Waals surface area contributed by atoms with Crippen molar-refractivity contribution >= 4 is 5.69 Å². The maximum Gasteiger partial charge on any atom is 0.142 e. The fraction of sp³-hybridized carbons (Fsp3) is 0.154. The molecule has 2 N–H and O–H groups in total. The van der Waals surface area contributed by atoms with Crippen molar-refractivity contribution in [3.63, 3.8) is 0 Å². The number of anilines is 1. The maximum absolute atomic E-state index is 5.77. The second kappa shape index (κ2) is 4.23. The van der Waals surface area contributed by atoms with Gasteiger partial charge < -0.3 is 10.5 Å². The van der Waals surface area contributed by atoms with Crippen LogP contribution in [0.1, 0.15) is 5.69 Å². The first-order valence-electron chi connectivity index (χ1n) is 5.07. The molecule has 3 nitrogen and oxygen atoms in total. The second-order valence-electron chi connectivity index (χ2n) is 3.64. The lowest BCUT2D eigenvalue weighted by Crippen LogP contribution is -1.92. The molecule has 0 saturated heterocycles. The number of benzene rings is 1. The van der Waals surface area contributed by atoms with Crippen molar-refractivity contribution in [1.82, 2.24) is 4.98 Å². The van der Waals surface area contributed by atoms with Crippen LogP contribution in [0.4, 0.5) is 5.69 Å². The lowest BCUT2D eigenvalue weighted by atomic mass is 10.1. The average Bonchev–Trinajstić information content (AvgIpc) is 2.29. The summed E-state index contributed by atoms with van der Waals surface area (Å²) in [5.41, 5.74) is 9.61. The molecule has 0 fully saturated rings. The maximum atomic E-state index is 5.77. The van der Waals surface area contributed by atoms with E-state index in [-0.39, 0.29) is 0 Å². The zero-order chi connectivity index (χ0) is 11.5. The van der Waals surface area contributed by atoms with Crippen molar-refractivity contribution < 1.29 is 4.74 Å². The van der Waals surface area contributed by atoms with Gasteiger partial charge in [0.05, 0.1) is 12.8 Å². The summed E-state index contributed by atoms with van der Waals surface area (Å²) in [6.45, 7) is 1.97. The topological polar surface area (TPSA) is 48.1 Å². The van der Waals surface area contributed by atoms with Crippen LogP contribution in [0, 0.1) is 6.92 Å². The summed E-state index contributed by atoms with van der Waals surface area (Å²) in [7, 11) is 1.62. The molecule has 0 bridgehead atoms. The van der Waals surface area contributed by atoms with Gasteiger partial charge in [-0.3, -0.25) is 4.98 Å². The van der Waals surface area contributed by atoms with Gasteiger partial charge in [-0.2, -0.15) is 0 Å². The highest BCUT2D eigenvalue weighted by atomic mass is 16.5. The molecule has 0 aliphatic carbocycles. The molecular weight excluding hydrogens is 200 g/mol. The number of nitrogens with zero attached hydrogens (tertiary/aromatic N) is 1. The second-order valence-corrected chi connectivity index (χ2v) is 3.64. The number of pyridine rings is 1. The largest absolute Gasteiger partial charge is 0.495 e. The molecule has 1 heterocycles. The van der Waals surface area contributed by atoms with E-state index in [0.717, 1.165) is 16.8 Å². The van der Waals surface area contributed by atoms with Crippen molar-refractivity contribution in [3.8, 4) is 16.9 Å². The van der Waals surface area contributed by atoms with E-state index in [0.29, 0.717) is 11.4 Å². The molecule has 0 saturated carbocycles. The SMILES string of the molecule is COc1cc(-c2ccnc(C)c2)ccc1N. The molecule has 82 valence electrons. The van der Waals surface area contributed by atoms with Crippen molar-refractivity contribution in [2.75, 3.05) is 12.8 Å². The van der Waals surface area contributed by atoms with Gasteiger partial charge in [-0.05, 0) is 42.3 Å². The molecule has 2 rings (SSSR count). The lowest BCUT2D eigenvalue weighted by Gasteiger charge is -2.07. The van der Waals surface area contributed by atoms with Gasteiger partial charge in [0.1, 0.15) is 5.75 Å². The number of aryl methyl sites for hydroxylation is 1. The Hall–Kier alpha value is -2.03. The molecule has 0 atom stereocenters. The van der Waals surface area contributed by atoms with Crippen LogP contribution in [-0.4, -0.2) is 12.1 Å². The van der Waals surface area contributed by atoms with Crippen molar-refractivity contribution in [1.29, 1.82) is 0 Å². The summed E-state index contributed by atoms with van der Waals surface area (Å²) < 4.78 is 5.20. The molecule has 3 heteroatoms. The van der Waals surface area contributed by atoms with Gasteiger partial charge in [-0.1, -0.05) is 6.07 Å². The quantitative estimate of drug-likeness (QED) is 0.782. The molecule has 0 aliphatic heterocycles. The number of hydrogen-bond donors (Lipinski definition) is 1. The summed E-state index contributed by atoms with van der Waals surface area (Å²) in [5, 5.41) is 0. The molecule has 0 unspecified atom stereocenters. The monoisotopic (exact) mass is 214 g/mol. The van der Waals surface area contributed by atoms with Crippen molar-refractivity contribution in [3.05, 3.63) is 42.2 Å². The molecule has 1 aromatic carbocycles. The van der Waals surface area contributed by atoms with E-state index in [1.165, 1.54) is 0 Å². The Morgan fingerprint density at radius 2 is 1.88 bits per heavy atom. The highest BCUT2D eigenvalue weighted by Crippen LogP contribution is 2.28. The van der Waals surface area contributed by atoms with Crippen LogP contribution in [-0.2, 0) is 0 Å². The Balaban J connectivity index is 2.48. The first kappa shape index (κ1) is 10.5. The number of nitrogens with two attached hydrogens (primary N) is 1. The van der Waals surface area contributed by atoms with Gasteiger partial charge in [0.2, 0.25) is 0 Å². The van der Waals surface area contributed by atoms with Crippen LogP contribution in [0.2, 0.25) is 0 Å². The van der Waals surface area contributed by atoms with Crippen LogP contribution < -0.4 is 10.5 Å². The van der Waals surface area contributed by atoms with E-state index in [1.807, 2.05) is 37.3 Å². The molecule has 0 aliphatic rings. The molecule has 0 amide bonds. The van der Waals surface area contributed by atoms with Crippen LogP contribution in [0.25, 0.3) is 11.1 Å². The number of ether oxygens (including phenoxy) is 1. The van der Waals surface area contributed by atoms with Crippen LogP contribution >= 0.6 is 0 Å². The van der Waals surface area contributed by atoms with E-state index in [1.54, 1.807) is 13.3 Å². The van der Waals surface area contributed by atoms with Crippen LogP contribution in [0.3, 0.4) is 0 Å². The Bertz CT molecular complexity index is 509. The number of hydrogen-bond acceptors (Lipinski definition) is 3. The number of rotatable bonds is 2. The third-order valence-electron chi connectivity index (χ3n) is 2.46. The lowest BCUT2D eigenvalue weighted by molar-refractivity contribution is 0.417. The Labute approximate surface area is 94.9 Å². The zero-order valence-corrected chi connectivity index (χ0v) is 9.40. The van der Waals surface area contributed by atoms with Gasteiger partial charge in [0.25, 0.3) is 0 Å². The van der Waals surface area contributed by atoms with E-state index < -0.39 is 0 Å². The Morgan fingerprint density at radius 1 is 1.12 bits per heavy atom. The number of methoxy groups -OCH3 is 1. The first-order valence-corrected chi connectivity index (χ1v) is 5.07. The smallest absolute Gasteiger partial charge is 0.142 e. The summed E-state index contributed by atoms with van der Waals surface area (Å²) in [6, 6.07) is 9.77. The summed E-state index contributed by atoms with van der Waals surface area (Å²) >= 11 is 0. The van der Waals surface area contributed by atoms with Gasteiger partial charge in [0.15, 0.2) is 0 Å². The van der Waals surface area contributed by atoms with Crippen molar-refractivity contribution in [2.24, 2.45) is 0 Å². The Kier molecular flexibility index (Phi) is 2.77. The van der Waals surface area contributed by atoms with Crippen LogP contribution in [0.15, 0.2) is 36.5 Å². The van der Waals surface area contributed by atoms with E-state index >= 15 is 0 Å². The highest BCUT2D eigenvalue weighted by Gasteiger charge is 2.03. The predicted molar refractivity (Wildman–Crippen MR) is 65.4 cm³/mol. The highest BCUT2D eigenvalue weighted by molar-refractivity contribution is 5.69. The molecule has 1 aromatic heterocycles. The molecule has 0 radical (unpaired) electrons. The predicted octanol–water partition coefficient (Wildman–Crippen LogP) is 2.65. The third kappa shape index (κ3) is 1.98. The van der Waals surface area contributed by atoms with Crippen molar-refractivity contribution in [2.45, 2.75) is 6.92 Å². The van der Waals surface area contributed by atoms with Gasteiger partial charge in [0, 0.05) is 11.9 Å². The third-order valence-corrected chi connectivity index (χ3v) is 2.46. The van der Waals surface area contributed by atoms with Gasteiger partial charge in [-0.25, -0.2) is 0 Å². The van der Waals surface area contributed by atoms with E-state index in [2.05, 4.69) is 4.98 Å². The summed E-state index contributed by atoms with van der Waals surface area (Å²) in [4.78, 5) is 4.17. The van der Waals surface area contributed by atoms with E-state index in [9.17, 15) is 0 Å². The molecular formula is C13H14N2O.